The highest BCUT2D eigenvalue weighted by atomic mass is 32.1. The van der Waals surface area contributed by atoms with E-state index in [0.29, 0.717) is 15.5 Å². The van der Waals surface area contributed by atoms with Crippen molar-refractivity contribution < 1.29 is 4.42 Å². The van der Waals surface area contributed by atoms with Gasteiger partial charge in [0.15, 0.2) is 5.76 Å². The Morgan fingerprint density at radius 1 is 0.731 bits per heavy atom. The van der Waals surface area contributed by atoms with Crippen LogP contribution in [0.4, 0.5) is 0 Å². The van der Waals surface area contributed by atoms with Crippen LogP contribution in [-0.2, 0) is 0 Å². The molecular formula is C22H15NOS2. The van der Waals surface area contributed by atoms with E-state index in [-0.39, 0.29) is 0 Å². The molecule has 1 heterocycles. The number of oxazole rings is 1. The number of aromatic nitrogens is 1. The lowest BCUT2D eigenvalue weighted by Gasteiger charge is -2.10. The summed E-state index contributed by atoms with van der Waals surface area (Å²) in [6.45, 7) is 0. The van der Waals surface area contributed by atoms with E-state index in [1.54, 1.807) is 0 Å². The van der Waals surface area contributed by atoms with Crippen LogP contribution < -0.4 is 0 Å². The first-order valence-electron chi connectivity index (χ1n) is 8.22. The number of hydrogen-bond donors (Lipinski definition) is 0. The van der Waals surface area contributed by atoms with Gasteiger partial charge in [0.05, 0.1) is 10.6 Å². The van der Waals surface area contributed by atoms with Gasteiger partial charge in [0.1, 0.15) is 5.69 Å². The zero-order chi connectivity index (χ0) is 17.9. The predicted octanol–water partition coefficient (Wildman–Crippen LogP) is 6.23. The SMILES string of the molecule is S=C(c1ccccc1)c1oc(=S)n(-c2ccccc2)c1-c1ccccc1. The number of rotatable bonds is 4. The van der Waals surface area contributed by atoms with E-state index in [4.69, 9.17) is 28.9 Å². The number of hydrogen-bond acceptors (Lipinski definition) is 3. The minimum absolute atomic E-state index is 0.378. The van der Waals surface area contributed by atoms with Gasteiger partial charge in [-0.05, 0) is 29.9 Å². The van der Waals surface area contributed by atoms with Gasteiger partial charge < -0.3 is 4.42 Å². The van der Waals surface area contributed by atoms with Crippen LogP contribution in [0.5, 0.6) is 0 Å². The Morgan fingerprint density at radius 2 is 1.27 bits per heavy atom. The molecule has 26 heavy (non-hydrogen) atoms. The fraction of sp³-hybridized carbons (Fsp3) is 0. The molecule has 0 aliphatic rings. The van der Waals surface area contributed by atoms with Gasteiger partial charge in [-0.2, -0.15) is 0 Å². The van der Waals surface area contributed by atoms with Gasteiger partial charge in [0, 0.05) is 5.56 Å². The molecule has 0 atom stereocenters. The summed E-state index contributed by atoms with van der Waals surface area (Å²) in [5, 5.41) is 0. The molecule has 4 aromatic rings. The highest BCUT2D eigenvalue weighted by molar-refractivity contribution is 7.81. The van der Waals surface area contributed by atoms with Gasteiger partial charge in [-0.25, -0.2) is 0 Å². The Balaban J connectivity index is 1.99. The third-order valence-corrected chi connectivity index (χ3v) is 4.80. The van der Waals surface area contributed by atoms with Crippen molar-refractivity contribution in [2.24, 2.45) is 0 Å². The number of benzene rings is 3. The van der Waals surface area contributed by atoms with E-state index < -0.39 is 0 Å². The first kappa shape index (κ1) is 16.6. The van der Waals surface area contributed by atoms with Gasteiger partial charge in [0.2, 0.25) is 0 Å². The maximum absolute atomic E-state index is 6.01. The molecule has 4 rings (SSSR count). The van der Waals surface area contributed by atoms with E-state index in [0.717, 1.165) is 22.5 Å². The van der Waals surface area contributed by atoms with E-state index in [9.17, 15) is 0 Å². The first-order chi connectivity index (χ1) is 12.8. The van der Waals surface area contributed by atoms with Gasteiger partial charge in [-0.3, -0.25) is 4.57 Å². The molecule has 0 aliphatic carbocycles. The Morgan fingerprint density at radius 3 is 1.88 bits per heavy atom. The molecule has 126 valence electrons. The van der Waals surface area contributed by atoms with Crippen LogP contribution in [-0.4, -0.2) is 9.43 Å². The Bertz CT molecular complexity index is 1100. The average molecular weight is 374 g/mol. The molecule has 0 bridgehead atoms. The minimum Gasteiger partial charge on any atom is -0.427 e. The van der Waals surface area contributed by atoms with Crippen LogP contribution in [0, 0.1) is 4.84 Å². The van der Waals surface area contributed by atoms with Crippen molar-refractivity contribution in [1.29, 1.82) is 0 Å². The second kappa shape index (κ2) is 7.20. The van der Waals surface area contributed by atoms with Gasteiger partial charge in [-0.15, -0.1) is 0 Å². The molecule has 0 saturated carbocycles. The standard InChI is InChI=1S/C22H15NOS2/c25-21(17-12-6-2-7-13-17)20-19(16-10-4-1-5-11-16)23(22(26)24-20)18-14-8-3-9-15-18/h1-15H. The second-order valence-corrected chi connectivity index (χ2v) is 6.54. The molecule has 0 amide bonds. The van der Waals surface area contributed by atoms with Crippen LogP contribution in [0.2, 0.25) is 0 Å². The molecule has 0 saturated heterocycles. The van der Waals surface area contributed by atoms with Gasteiger partial charge in [0.25, 0.3) is 4.84 Å². The lowest BCUT2D eigenvalue weighted by molar-refractivity contribution is 0.525. The Hall–Kier alpha value is -2.82. The van der Waals surface area contributed by atoms with Crippen LogP contribution in [0.15, 0.2) is 95.4 Å². The number of nitrogens with zero attached hydrogens (tertiary/aromatic N) is 1. The summed E-state index contributed by atoms with van der Waals surface area (Å²) in [6, 6.07) is 29.9. The highest BCUT2D eigenvalue weighted by Gasteiger charge is 2.21. The molecule has 2 nitrogen and oxygen atoms in total. The predicted molar refractivity (Wildman–Crippen MR) is 112 cm³/mol. The van der Waals surface area contributed by atoms with Crippen molar-refractivity contribution in [1.82, 2.24) is 4.57 Å². The van der Waals surface area contributed by atoms with Crippen molar-refractivity contribution in [3.63, 3.8) is 0 Å². The van der Waals surface area contributed by atoms with Gasteiger partial charge >= 0.3 is 0 Å². The monoisotopic (exact) mass is 373 g/mol. The minimum atomic E-state index is 0.378. The zero-order valence-corrected chi connectivity index (χ0v) is 15.5. The summed E-state index contributed by atoms with van der Waals surface area (Å²) >= 11 is 11.3. The maximum Gasteiger partial charge on any atom is 0.274 e. The summed E-state index contributed by atoms with van der Waals surface area (Å²) in [4.78, 5) is 1.02. The van der Waals surface area contributed by atoms with E-state index in [1.807, 2.05) is 95.6 Å². The molecule has 0 spiro atoms. The maximum atomic E-state index is 6.01. The van der Waals surface area contributed by atoms with Crippen molar-refractivity contribution in [2.75, 3.05) is 0 Å². The smallest absolute Gasteiger partial charge is 0.274 e. The lowest BCUT2D eigenvalue weighted by Crippen LogP contribution is -2.03. The van der Waals surface area contributed by atoms with Gasteiger partial charge in [-0.1, -0.05) is 91.1 Å². The van der Waals surface area contributed by atoms with Crippen LogP contribution in [0.3, 0.4) is 0 Å². The third-order valence-electron chi connectivity index (χ3n) is 4.11. The molecular weight excluding hydrogens is 358 g/mol. The third kappa shape index (κ3) is 3.05. The number of thiocarbonyl (C=S) groups is 1. The van der Waals surface area contributed by atoms with Crippen LogP contribution >= 0.6 is 24.4 Å². The summed E-state index contributed by atoms with van der Waals surface area (Å²) < 4.78 is 7.95. The van der Waals surface area contributed by atoms with E-state index in [2.05, 4.69) is 0 Å². The van der Waals surface area contributed by atoms with E-state index in [1.165, 1.54) is 0 Å². The molecule has 0 unspecified atom stereocenters. The molecule has 0 radical (unpaired) electrons. The molecule has 0 aliphatic heterocycles. The first-order valence-corrected chi connectivity index (χ1v) is 9.04. The molecule has 4 heteroatoms. The van der Waals surface area contributed by atoms with Crippen molar-refractivity contribution >= 4 is 29.3 Å². The summed E-state index contributed by atoms with van der Waals surface area (Å²) in [5.41, 5.74) is 3.76. The molecule has 3 aromatic carbocycles. The molecule has 1 aromatic heterocycles. The fourth-order valence-electron chi connectivity index (χ4n) is 2.92. The zero-order valence-electron chi connectivity index (χ0n) is 13.8. The normalized spacial score (nSPS) is 10.6. The van der Waals surface area contributed by atoms with E-state index >= 15 is 0 Å². The van der Waals surface area contributed by atoms with Crippen LogP contribution in [0.1, 0.15) is 11.3 Å². The average Bonchev–Trinajstić information content (AvgIpc) is 3.06. The summed E-state index contributed by atoms with van der Waals surface area (Å²) in [6.07, 6.45) is 0. The van der Waals surface area contributed by atoms with Crippen LogP contribution in [0.25, 0.3) is 16.9 Å². The fourth-order valence-corrected chi connectivity index (χ4v) is 3.47. The largest absolute Gasteiger partial charge is 0.427 e. The molecule has 0 N–H and O–H groups in total. The van der Waals surface area contributed by atoms with Crippen molar-refractivity contribution in [2.45, 2.75) is 0 Å². The van der Waals surface area contributed by atoms with Crippen molar-refractivity contribution in [3.05, 3.63) is 107 Å². The number of para-hydroxylation sites is 1. The summed E-state index contributed by atoms with van der Waals surface area (Å²) in [7, 11) is 0. The molecule has 0 fully saturated rings. The lowest BCUT2D eigenvalue weighted by atomic mass is 10.0. The Labute approximate surface area is 162 Å². The Kier molecular flexibility index (Phi) is 4.61. The quantitative estimate of drug-likeness (QED) is 0.312. The second-order valence-electron chi connectivity index (χ2n) is 5.78. The van der Waals surface area contributed by atoms with Crippen molar-refractivity contribution in [3.8, 4) is 16.9 Å². The topological polar surface area (TPSA) is 18.1 Å². The highest BCUT2D eigenvalue weighted by Crippen LogP contribution is 2.31. The summed E-state index contributed by atoms with van der Waals surface area (Å²) in [5.74, 6) is 0.617.